The molecule has 136 valence electrons. The zero-order valence-electron chi connectivity index (χ0n) is 14.7. The van der Waals surface area contributed by atoms with Gasteiger partial charge in [0.25, 0.3) is 5.91 Å². The third-order valence-corrected chi connectivity index (χ3v) is 4.67. The van der Waals surface area contributed by atoms with Gasteiger partial charge in [0.15, 0.2) is 6.61 Å². The normalized spacial score (nSPS) is 11.6. The van der Waals surface area contributed by atoms with Gasteiger partial charge in [-0.1, -0.05) is 16.4 Å². The van der Waals surface area contributed by atoms with Crippen molar-refractivity contribution in [2.75, 3.05) is 11.9 Å². The molecule has 1 amide bonds. The molecule has 0 saturated carbocycles. The van der Waals surface area contributed by atoms with Crippen molar-refractivity contribution in [3.05, 3.63) is 51.8 Å². The number of thiophene rings is 1. The lowest BCUT2D eigenvalue weighted by molar-refractivity contribution is -0.120. The number of nitrogens with zero attached hydrogens (tertiary/aromatic N) is 4. The van der Waals surface area contributed by atoms with Crippen molar-refractivity contribution in [3.8, 4) is 0 Å². The zero-order valence-corrected chi connectivity index (χ0v) is 15.5. The van der Waals surface area contributed by atoms with Crippen molar-refractivity contribution in [1.29, 1.82) is 0 Å². The molecule has 1 N–H and O–H groups in total. The maximum Gasteiger partial charge on any atom is 0.265 e. The Morgan fingerprint density at radius 1 is 1.46 bits per heavy atom. The van der Waals surface area contributed by atoms with Crippen LogP contribution in [0.25, 0.3) is 0 Å². The topological polar surface area (TPSA) is 94.5 Å². The van der Waals surface area contributed by atoms with Crippen molar-refractivity contribution < 1.29 is 14.2 Å². The summed E-state index contributed by atoms with van der Waals surface area (Å²) in [6.45, 7) is 5.93. The average molecular weight is 373 g/mol. The maximum atomic E-state index is 12.0. The van der Waals surface area contributed by atoms with Crippen molar-refractivity contribution in [2.24, 2.45) is 5.16 Å². The van der Waals surface area contributed by atoms with Gasteiger partial charge < -0.3 is 14.7 Å². The molecule has 0 radical (unpaired) electrons. The molecule has 26 heavy (non-hydrogen) atoms. The molecule has 0 atom stereocenters. The van der Waals surface area contributed by atoms with Gasteiger partial charge in [0, 0.05) is 11.8 Å². The van der Waals surface area contributed by atoms with E-state index in [1.807, 2.05) is 38.3 Å². The van der Waals surface area contributed by atoms with Crippen LogP contribution >= 0.6 is 11.3 Å². The predicted octanol–water partition coefficient (Wildman–Crippen LogP) is 2.98. The summed E-state index contributed by atoms with van der Waals surface area (Å²) in [7, 11) is 0. The summed E-state index contributed by atoms with van der Waals surface area (Å²) in [6.07, 6.45) is 3.32. The summed E-state index contributed by atoms with van der Waals surface area (Å²) in [4.78, 5) is 18.1. The Morgan fingerprint density at radius 3 is 3.00 bits per heavy atom. The first-order valence-electron chi connectivity index (χ1n) is 7.97. The smallest absolute Gasteiger partial charge is 0.265 e. The Bertz CT molecular complexity index is 891. The molecule has 0 aromatic carbocycles. The summed E-state index contributed by atoms with van der Waals surface area (Å²) in [6, 6.07) is 3.88. The lowest BCUT2D eigenvalue weighted by Crippen LogP contribution is -2.17. The molecule has 3 aromatic heterocycles. The standard InChI is InChI=1S/C17H19N5O3S/c1-11-15(13(3)25-21-11)9-22-8-14(7-18-22)19-17(23)10-24-20-12(2)16-5-4-6-26-16/h4-8H,9-10H2,1-3H3,(H,19,23)/b20-12-. The number of anilines is 1. The minimum atomic E-state index is -0.301. The molecule has 0 saturated heterocycles. The Balaban J connectivity index is 1.51. The largest absolute Gasteiger partial charge is 0.385 e. The van der Waals surface area contributed by atoms with Crippen molar-refractivity contribution in [1.82, 2.24) is 14.9 Å². The van der Waals surface area contributed by atoms with Crippen LogP contribution in [0.1, 0.15) is 28.8 Å². The molecule has 9 heteroatoms. The molecule has 0 spiro atoms. The van der Waals surface area contributed by atoms with Gasteiger partial charge in [-0.2, -0.15) is 5.10 Å². The molecule has 0 bridgehead atoms. The number of aryl methyl sites for hydroxylation is 2. The summed E-state index contributed by atoms with van der Waals surface area (Å²) in [5, 5.41) is 16.8. The number of carbonyl (C=O) groups excluding carboxylic acids is 1. The highest BCUT2D eigenvalue weighted by Crippen LogP contribution is 2.15. The molecule has 0 fully saturated rings. The molecular formula is C17H19N5O3S. The van der Waals surface area contributed by atoms with Gasteiger partial charge in [0.05, 0.1) is 34.7 Å². The van der Waals surface area contributed by atoms with Gasteiger partial charge in [-0.3, -0.25) is 9.48 Å². The predicted molar refractivity (Wildman–Crippen MR) is 98.4 cm³/mol. The van der Waals surface area contributed by atoms with Gasteiger partial charge in [-0.25, -0.2) is 0 Å². The minimum Gasteiger partial charge on any atom is -0.385 e. The van der Waals surface area contributed by atoms with Gasteiger partial charge in [0.1, 0.15) is 5.76 Å². The number of rotatable bonds is 7. The fraction of sp³-hybridized carbons (Fsp3) is 0.294. The van der Waals surface area contributed by atoms with Crippen molar-refractivity contribution in [3.63, 3.8) is 0 Å². The Morgan fingerprint density at radius 2 is 2.31 bits per heavy atom. The van der Waals surface area contributed by atoms with Gasteiger partial charge in [-0.05, 0) is 32.2 Å². The number of nitrogens with one attached hydrogen (secondary N) is 1. The van der Waals surface area contributed by atoms with E-state index in [-0.39, 0.29) is 12.5 Å². The molecule has 0 aliphatic carbocycles. The van der Waals surface area contributed by atoms with Crippen LogP contribution < -0.4 is 5.32 Å². The van der Waals surface area contributed by atoms with Crippen LogP contribution in [-0.4, -0.2) is 33.2 Å². The first-order chi connectivity index (χ1) is 12.5. The van der Waals surface area contributed by atoms with E-state index in [0.29, 0.717) is 12.2 Å². The summed E-state index contributed by atoms with van der Waals surface area (Å²) in [5.74, 6) is 0.459. The minimum absolute atomic E-state index is 0.169. The molecular weight excluding hydrogens is 354 g/mol. The fourth-order valence-corrected chi connectivity index (χ4v) is 2.99. The quantitative estimate of drug-likeness (QED) is 0.507. The Kier molecular flexibility index (Phi) is 5.47. The van der Waals surface area contributed by atoms with Gasteiger partial charge in [0.2, 0.25) is 0 Å². The Labute approximate surface area is 154 Å². The Hall–Kier alpha value is -2.94. The number of hydrogen-bond donors (Lipinski definition) is 1. The number of oxime groups is 1. The number of carbonyl (C=O) groups is 1. The van der Waals surface area contributed by atoms with Crippen LogP contribution in [0, 0.1) is 13.8 Å². The summed E-state index contributed by atoms with van der Waals surface area (Å²) < 4.78 is 6.85. The van der Waals surface area contributed by atoms with E-state index in [9.17, 15) is 4.79 Å². The van der Waals surface area contributed by atoms with E-state index >= 15 is 0 Å². The highest BCUT2D eigenvalue weighted by Gasteiger charge is 2.11. The van der Waals surface area contributed by atoms with Crippen LogP contribution in [0.15, 0.2) is 39.6 Å². The molecule has 0 aliphatic heterocycles. The number of hydrogen-bond acceptors (Lipinski definition) is 7. The van der Waals surface area contributed by atoms with Crippen LogP contribution in [0.2, 0.25) is 0 Å². The molecule has 3 aromatic rings. The van der Waals surface area contributed by atoms with Crippen LogP contribution in [0.4, 0.5) is 5.69 Å². The van der Waals surface area contributed by atoms with Crippen LogP contribution in [0.3, 0.4) is 0 Å². The average Bonchev–Trinajstić information content (AvgIpc) is 3.34. The fourth-order valence-electron chi connectivity index (χ4n) is 2.32. The van der Waals surface area contributed by atoms with E-state index in [1.54, 1.807) is 28.4 Å². The molecule has 3 rings (SSSR count). The number of amides is 1. The monoisotopic (exact) mass is 373 g/mol. The molecule has 3 heterocycles. The second-order valence-corrected chi connectivity index (χ2v) is 6.65. The molecule has 8 nitrogen and oxygen atoms in total. The van der Waals surface area contributed by atoms with E-state index in [2.05, 4.69) is 20.7 Å². The van der Waals surface area contributed by atoms with E-state index < -0.39 is 0 Å². The van der Waals surface area contributed by atoms with E-state index in [0.717, 1.165) is 27.6 Å². The summed E-state index contributed by atoms with van der Waals surface area (Å²) >= 11 is 1.56. The van der Waals surface area contributed by atoms with Gasteiger partial charge >= 0.3 is 0 Å². The highest BCUT2D eigenvalue weighted by atomic mass is 32.1. The maximum absolute atomic E-state index is 12.0. The van der Waals surface area contributed by atoms with E-state index in [1.165, 1.54) is 0 Å². The van der Waals surface area contributed by atoms with Gasteiger partial charge in [-0.15, -0.1) is 11.3 Å². The molecule has 0 unspecified atom stereocenters. The van der Waals surface area contributed by atoms with Crippen molar-refractivity contribution in [2.45, 2.75) is 27.3 Å². The molecule has 0 aliphatic rings. The first-order valence-corrected chi connectivity index (χ1v) is 8.85. The first kappa shape index (κ1) is 17.9. The second-order valence-electron chi connectivity index (χ2n) is 5.70. The van der Waals surface area contributed by atoms with Crippen LogP contribution in [-0.2, 0) is 16.2 Å². The van der Waals surface area contributed by atoms with E-state index in [4.69, 9.17) is 9.36 Å². The third-order valence-electron chi connectivity index (χ3n) is 3.69. The third kappa shape index (κ3) is 4.37. The van der Waals surface area contributed by atoms with Crippen LogP contribution in [0.5, 0.6) is 0 Å². The second kappa shape index (κ2) is 7.96. The highest BCUT2D eigenvalue weighted by molar-refractivity contribution is 7.12. The van der Waals surface area contributed by atoms with Crippen molar-refractivity contribution >= 4 is 28.6 Å². The SMILES string of the molecule is C/C(=N/OCC(=O)Nc1cnn(Cc2c(C)noc2C)c1)c1cccs1. The lowest BCUT2D eigenvalue weighted by atomic mass is 10.2. The zero-order chi connectivity index (χ0) is 18.5. The number of aromatic nitrogens is 3. The summed E-state index contributed by atoms with van der Waals surface area (Å²) in [5.41, 5.74) is 3.13. The lowest BCUT2D eigenvalue weighted by Gasteiger charge is -2.02.